The molecular weight excluding hydrogens is 383 g/mol. The summed E-state index contributed by atoms with van der Waals surface area (Å²) in [5, 5.41) is 4.67. The summed E-state index contributed by atoms with van der Waals surface area (Å²) in [4.78, 5) is 26.1. The molecule has 0 radical (unpaired) electrons. The number of hydrogen-bond donors (Lipinski definition) is 2. The van der Waals surface area contributed by atoms with E-state index in [0.29, 0.717) is 6.42 Å². The van der Waals surface area contributed by atoms with E-state index in [4.69, 9.17) is 0 Å². The number of halogens is 3. The molecule has 154 valence electrons. The number of carbonyl (C=O) groups excluding carboxylic acids is 2. The normalized spacial score (nSPS) is 14.0. The molecule has 0 aromatic heterocycles. The molecule has 8 heteroatoms. The van der Waals surface area contributed by atoms with Gasteiger partial charge in [-0.15, -0.1) is 0 Å². The number of amides is 2. The summed E-state index contributed by atoms with van der Waals surface area (Å²) in [6.45, 7) is 2.38. The summed E-state index contributed by atoms with van der Waals surface area (Å²) in [7, 11) is 0. The van der Waals surface area contributed by atoms with Gasteiger partial charge in [-0.3, -0.25) is 9.59 Å². The number of carbonyl (C=O) groups is 2. The van der Waals surface area contributed by atoms with Crippen LogP contribution in [0.15, 0.2) is 48.5 Å². The quantitative estimate of drug-likeness (QED) is 0.748. The molecule has 1 fully saturated rings. The zero-order valence-electron chi connectivity index (χ0n) is 15.8. The fraction of sp³-hybridized carbons (Fsp3) is 0.333. The van der Waals surface area contributed by atoms with Crippen molar-refractivity contribution in [1.29, 1.82) is 0 Å². The molecule has 0 spiro atoms. The Morgan fingerprint density at radius 2 is 1.66 bits per heavy atom. The summed E-state index contributed by atoms with van der Waals surface area (Å²) >= 11 is 0. The van der Waals surface area contributed by atoms with E-state index in [9.17, 15) is 22.8 Å². The highest BCUT2D eigenvalue weighted by Gasteiger charge is 2.30. The standard InChI is InChI=1S/C21H22F3N3O2/c22-21(23,24)16-4-3-5-17(14-16)26-20(29)19(28)25-11-10-15-6-8-18(9-7-15)27-12-1-2-13-27/h3-9,14H,1-2,10-13H2,(H,25,28)(H,26,29). The Morgan fingerprint density at radius 1 is 0.966 bits per heavy atom. The Hall–Kier alpha value is -3.03. The summed E-state index contributed by atoms with van der Waals surface area (Å²) in [6.07, 6.45) is -1.57. The molecule has 1 heterocycles. The Labute approximate surface area is 166 Å². The van der Waals surface area contributed by atoms with Crippen LogP contribution in [0, 0.1) is 0 Å². The van der Waals surface area contributed by atoms with Crippen molar-refractivity contribution in [3.63, 3.8) is 0 Å². The van der Waals surface area contributed by atoms with E-state index < -0.39 is 23.6 Å². The van der Waals surface area contributed by atoms with Crippen molar-refractivity contribution >= 4 is 23.2 Å². The van der Waals surface area contributed by atoms with Crippen LogP contribution in [0.2, 0.25) is 0 Å². The van der Waals surface area contributed by atoms with Crippen LogP contribution in [0.5, 0.6) is 0 Å². The molecule has 2 aromatic carbocycles. The van der Waals surface area contributed by atoms with E-state index in [2.05, 4.69) is 15.5 Å². The number of benzene rings is 2. The molecule has 2 N–H and O–H groups in total. The molecule has 0 bridgehead atoms. The number of nitrogens with zero attached hydrogens (tertiary/aromatic N) is 1. The predicted molar refractivity (Wildman–Crippen MR) is 105 cm³/mol. The van der Waals surface area contributed by atoms with E-state index in [1.807, 2.05) is 24.3 Å². The first-order valence-electron chi connectivity index (χ1n) is 9.43. The molecular formula is C21H22F3N3O2. The molecule has 3 rings (SSSR count). The Balaban J connectivity index is 1.46. The van der Waals surface area contributed by atoms with Crippen molar-refractivity contribution in [3.8, 4) is 0 Å². The van der Waals surface area contributed by atoms with Crippen LogP contribution in [0.3, 0.4) is 0 Å². The number of alkyl halides is 3. The first-order chi connectivity index (χ1) is 13.8. The molecule has 1 saturated heterocycles. The molecule has 0 unspecified atom stereocenters. The largest absolute Gasteiger partial charge is 0.416 e. The van der Waals surface area contributed by atoms with Crippen molar-refractivity contribution < 1.29 is 22.8 Å². The SMILES string of the molecule is O=C(NCCc1ccc(N2CCCC2)cc1)C(=O)Nc1cccc(C(F)(F)F)c1. The summed E-state index contributed by atoms with van der Waals surface area (Å²) in [5.74, 6) is -1.90. The van der Waals surface area contributed by atoms with E-state index in [1.165, 1.54) is 30.7 Å². The maximum Gasteiger partial charge on any atom is 0.416 e. The third-order valence-electron chi connectivity index (χ3n) is 4.76. The molecule has 29 heavy (non-hydrogen) atoms. The molecule has 0 saturated carbocycles. The van der Waals surface area contributed by atoms with Crippen molar-refractivity contribution in [2.45, 2.75) is 25.4 Å². The van der Waals surface area contributed by atoms with E-state index in [0.717, 1.165) is 30.8 Å². The lowest BCUT2D eigenvalue weighted by atomic mass is 10.1. The van der Waals surface area contributed by atoms with Gasteiger partial charge in [0.2, 0.25) is 0 Å². The van der Waals surface area contributed by atoms with Crippen LogP contribution in [0.4, 0.5) is 24.5 Å². The Bertz CT molecular complexity index is 860. The Kier molecular flexibility index (Phi) is 6.41. The lowest BCUT2D eigenvalue weighted by Gasteiger charge is -2.17. The van der Waals surface area contributed by atoms with Crippen molar-refractivity contribution in [1.82, 2.24) is 5.32 Å². The maximum absolute atomic E-state index is 12.7. The van der Waals surface area contributed by atoms with Gasteiger partial charge in [0.15, 0.2) is 0 Å². The van der Waals surface area contributed by atoms with Crippen molar-refractivity contribution in [3.05, 3.63) is 59.7 Å². The first-order valence-corrected chi connectivity index (χ1v) is 9.43. The van der Waals surface area contributed by atoms with Crippen molar-refractivity contribution in [2.24, 2.45) is 0 Å². The minimum absolute atomic E-state index is 0.0857. The van der Waals surface area contributed by atoms with Gasteiger partial charge in [0.25, 0.3) is 0 Å². The van der Waals surface area contributed by atoms with E-state index in [-0.39, 0.29) is 12.2 Å². The van der Waals surface area contributed by atoms with Gasteiger partial charge in [-0.25, -0.2) is 0 Å². The lowest BCUT2D eigenvalue weighted by Crippen LogP contribution is -2.36. The highest BCUT2D eigenvalue weighted by molar-refractivity contribution is 6.39. The highest BCUT2D eigenvalue weighted by atomic mass is 19.4. The van der Waals surface area contributed by atoms with Crippen LogP contribution in [-0.4, -0.2) is 31.4 Å². The topological polar surface area (TPSA) is 61.4 Å². The van der Waals surface area contributed by atoms with Gasteiger partial charge in [-0.05, 0) is 55.2 Å². The van der Waals surface area contributed by atoms with Gasteiger partial charge >= 0.3 is 18.0 Å². The molecule has 5 nitrogen and oxygen atoms in total. The Morgan fingerprint density at radius 3 is 2.31 bits per heavy atom. The van der Waals surface area contributed by atoms with Gasteiger partial charge in [-0.1, -0.05) is 18.2 Å². The average molecular weight is 405 g/mol. The zero-order chi connectivity index (χ0) is 20.9. The molecule has 1 aliphatic heterocycles. The van der Waals surface area contributed by atoms with Crippen LogP contribution in [0.25, 0.3) is 0 Å². The van der Waals surface area contributed by atoms with Gasteiger partial charge < -0.3 is 15.5 Å². The van der Waals surface area contributed by atoms with Crippen molar-refractivity contribution in [2.75, 3.05) is 29.9 Å². The number of nitrogens with one attached hydrogen (secondary N) is 2. The third kappa shape index (κ3) is 5.73. The average Bonchev–Trinajstić information content (AvgIpc) is 3.23. The fourth-order valence-corrected chi connectivity index (χ4v) is 3.21. The summed E-state index contributed by atoms with van der Waals surface area (Å²) in [6, 6.07) is 12.2. The van der Waals surface area contributed by atoms with Gasteiger partial charge in [0.05, 0.1) is 5.56 Å². The first kappa shape index (κ1) is 20.7. The van der Waals surface area contributed by atoms with E-state index in [1.54, 1.807) is 0 Å². The lowest BCUT2D eigenvalue weighted by molar-refractivity contribution is -0.137. The van der Waals surface area contributed by atoms with Gasteiger partial charge in [-0.2, -0.15) is 13.2 Å². The van der Waals surface area contributed by atoms with E-state index >= 15 is 0 Å². The van der Waals surface area contributed by atoms with Gasteiger partial charge in [0, 0.05) is 31.0 Å². The number of hydrogen-bond acceptors (Lipinski definition) is 3. The third-order valence-corrected chi connectivity index (χ3v) is 4.76. The highest BCUT2D eigenvalue weighted by Crippen LogP contribution is 2.30. The fourth-order valence-electron chi connectivity index (χ4n) is 3.21. The van der Waals surface area contributed by atoms with Crippen LogP contribution in [0.1, 0.15) is 24.0 Å². The second-order valence-electron chi connectivity index (χ2n) is 6.90. The molecule has 0 aliphatic carbocycles. The van der Waals surface area contributed by atoms with Crippen LogP contribution >= 0.6 is 0 Å². The molecule has 0 atom stereocenters. The number of anilines is 2. The summed E-state index contributed by atoms with van der Waals surface area (Å²) in [5.41, 5.74) is 1.22. The second kappa shape index (κ2) is 8.98. The zero-order valence-corrected chi connectivity index (χ0v) is 15.8. The number of rotatable bonds is 5. The van der Waals surface area contributed by atoms with Crippen LogP contribution < -0.4 is 15.5 Å². The minimum atomic E-state index is -4.52. The second-order valence-corrected chi connectivity index (χ2v) is 6.90. The van der Waals surface area contributed by atoms with Gasteiger partial charge in [0.1, 0.15) is 0 Å². The smallest absolute Gasteiger partial charge is 0.372 e. The maximum atomic E-state index is 12.7. The molecule has 1 aliphatic rings. The summed E-state index contributed by atoms with van der Waals surface area (Å²) < 4.78 is 38.1. The molecule has 2 aromatic rings. The predicted octanol–water partition coefficient (Wildman–Crippen LogP) is 3.60. The van der Waals surface area contributed by atoms with Crippen LogP contribution in [-0.2, 0) is 22.2 Å². The monoisotopic (exact) mass is 405 g/mol. The molecule has 2 amide bonds. The minimum Gasteiger partial charge on any atom is -0.372 e.